The molecule has 1 amide bonds. The van der Waals surface area contributed by atoms with E-state index in [0.29, 0.717) is 11.3 Å². The molecule has 0 spiro atoms. The monoisotopic (exact) mass is 179 g/mol. The average molecular weight is 179 g/mol. The summed E-state index contributed by atoms with van der Waals surface area (Å²) in [5.74, 6) is 0.429. The quantitative estimate of drug-likeness (QED) is 0.649. The second kappa shape index (κ2) is 2.74. The summed E-state index contributed by atoms with van der Waals surface area (Å²) in [6.07, 6.45) is -1.44. The summed E-state index contributed by atoms with van der Waals surface area (Å²) in [7, 11) is 1.49. The van der Waals surface area contributed by atoms with Gasteiger partial charge in [-0.25, -0.2) is 4.79 Å². The fourth-order valence-electron chi connectivity index (χ4n) is 1.26. The van der Waals surface area contributed by atoms with Crippen LogP contribution in [0.3, 0.4) is 0 Å². The van der Waals surface area contributed by atoms with E-state index in [1.54, 1.807) is 24.3 Å². The second-order valence-electron chi connectivity index (χ2n) is 2.89. The summed E-state index contributed by atoms with van der Waals surface area (Å²) in [6.45, 7) is 0. The first-order valence-electron chi connectivity index (χ1n) is 3.92. The Morgan fingerprint density at radius 2 is 2.15 bits per heavy atom. The van der Waals surface area contributed by atoms with Crippen molar-refractivity contribution in [1.82, 2.24) is 4.90 Å². The van der Waals surface area contributed by atoms with Crippen molar-refractivity contribution in [2.45, 2.75) is 6.23 Å². The van der Waals surface area contributed by atoms with Crippen LogP contribution in [0.4, 0.5) is 4.79 Å². The predicted octanol–water partition coefficient (Wildman–Crippen LogP) is 1.12. The molecule has 0 fully saturated rings. The highest BCUT2D eigenvalue weighted by atomic mass is 16.6. The van der Waals surface area contributed by atoms with Gasteiger partial charge < -0.3 is 9.84 Å². The Kier molecular flexibility index (Phi) is 1.70. The highest BCUT2D eigenvalue weighted by Gasteiger charge is 2.29. The third kappa shape index (κ3) is 1.15. The number of nitrogens with zero attached hydrogens (tertiary/aromatic N) is 1. The van der Waals surface area contributed by atoms with E-state index >= 15 is 0 Å². The fraction of sp³-hybridized carbons (Fsp3) is 0.222. The van der Waals surface area contributed by atoms with Crippen LogP contribution in [0.5, 0.6) is 5.75 Å². The molecular formula is C9H9NO3. The van der Waals surface area contributed by atoms with E-state index in [2.05, 4.69) is 0 Å². The minimum Gasteiger partial charge on any atom is -0.410 e. The first-order valence-corrected chi connectivity index (χ1v) is 3.92. The van der Waals surface area contributed by atoms with Crippen LogP contribution in [0.2, 0.25) is 0 Å². The number of aliphatic hydroxyl groups excluding tert-OH is 1. The van der Waals surface area contributed by atoms with Gasteiger partial charge in [0.25, 0.3) is 0 Å². The van der Waals surface area contributed by atoms with E-state index < -0.39 is 12.3 Å². The van der Waals surface area contributed by atoms with E-state index in [1.165, 1.54) is 7.05 Å². The van der Waals surface area contributed by atoms with Crippen LogP contribution in [0.1, 0.15) is 11.8 Å². The molecule has 1 N–H and O–H groups in total. The van der Waals surface area contributed by atoms with Crippen molar-refractivity contribution < 1.29 is 14.6 Å². The molecule has 0 aromatic heterocycles. The Bertz CT molecular complexity index is 350. The van der Waals surface area contributed by atoms with Crippen LogP contribution in [0.15, 0.2) is 24.3 Å². The van der Waals surface area contributed by atoms with Gasteiger partial charge in [-0.15, -0.1) is 0 Å². The van der Waals surface area contributed by atoms with Gasteiger partial charge in [-0.05, 0) is 6.07 Å². The zero-order chi connectivity index (χ0) is 9.42. The lowest BCUT2D eigenvalue weighted by atomic mass is 10.1. The Morgan fingerprint density at radius 3 is 2.92 bits per heavy atom. The molecule has 0 aliphatic carbocycles. The molecule has 1 aliphatic rings. The van der Waals surface area contributed by atoms with Gasteiger partial charge in [-0.2, -0.15) is 0 Å². The van der Waals surface area contributed by atoms with E-state index in [9.17, 15) is 9.90 Å². The van der Waals surface area contributed by atoms with E-state index in [0.717, 1.165) is 4.90 Å². The second-order valence-corrected chi connectivity index (χ2v) is 2.89. The molecule has 1 atom stereocenters. The van der Waals surface area contributed by atoms with Crippen LogP contribution in [0.25, 0.3) is 0 Å². The van der Waals surface area contributed by atoms with Crippen molar-refractivity contribution in [3.05, 3.63) is 29.8 Å². The molecule has 1 aliphatic heterocycles. The smallest absolute Gasteiger partial charge is 0.410 e. The molecule has 2 rings (SSSR count). The van der Waals surface area contributed by atoms with Crippen molar-refractivity contribution >= 4 is 6.09 Å². The van der Waals surface area contributed by atoms with E-state index in [4.69, 9.17) is 4.74 Å². The van der Waals surface area contributed by atoms with Gasteiger partial charge in [-0.3, -0.25) is 4.90 Å². The van der Waals surface area contributed by atoms with Crippen molar-refractivity contribution in [1.29, 1.82) is 0 Å². The van der Waals surface area contributed by atoms with Crippen LogP contribution in [0, 0.1) is 0 Å². The maximum Gasteiger partial charge on any atom is 0.417 e. The third-order valence-corrected chi connectivity index (χ3v) is 2.05. The summed E-state index contributed by atoms with van der Waals surface area (Å²) in [5, 5.41) is 9.63. The Morgan fingerprint density at radius 1 is 1.46 bits per heavy atom. The summed E-state index contributed by atoms with van der Waals surface area (Å²) < 4.78 is 4.94. The number of carbonyl (C=O) groups is 1. The first kappa shape index (κ1) is 8.07. The molecule has 0 saturated carbocycles. The molecule has 1 aromatic carbocycles. The number of amides is 1. The lowest BCUT2D eigenvalue weighted by Gasteiger charge is -2.29. The molecule has 13 heavy (non-hydrogen) atoms. The molecule has 1 heterocycles. The number of rotatable bonds is 0. The maximum absolute atomic E-state index is 11.1. The van der Waals surface area contributed by atoms with Gasteiger partial charge >= 0.3 is 6.09 Å². The van der Waals surface area contributed by atoms with Crippen LogP contribution in [-0.2, 0) is 0 Å². The predicted molar refractivity (Wildman–Crippen MR) is 45.2 cm³/mol. The molecule has 0 radical (unpaired) electrons. The number of carbonyl (C=O) groups excluding carboxylic acids is 1. The molecule has 4 nitrogen and oxygen atoms in total. The molecule has 1 unspecified atom stereocenters. The molecule has 1 aromatic rings. The van der Waals surface area contributed by atoms with Crippen molar-refractivity contribution in [3.8, 4) is 5.75 Å². The maximum atomic E-state index is 11.1. The Hall–Kier alpha value is -1.55. The summed E-state index contributed by atoms with van der Waals surface area (Å²) in [4.78, 5) is 12.3. The van der Waals surface area contributed by atoms with Crippen LogP contribution < -0.4 is 4.74 Å². The van der Waals surface area contributed by atoms with Crippen LogP contribution in [-0.4, -0.2) is 23.1 Å². The number of ether oxygens (including phenoxy) is 1. The summed E-state index contributed by atoms with van der Waals surface area (Å²) in [5.41, 5.74) is 0.615. The van der Waals surface area contributed by atoms with Gasteiger partial charge in [-0.1, -0.05) is 18.2 Å². The topological polar surface area (TPSA) is 49.8 Å². The zero-order valence-corrected chi connectivity index (χ0v) is 7.10. The summed E-state index contributed by atoms with van der Waals surface area (Å²) in [6, 6.07) is 6.92. The van der Waals surface area contributed by atoms with Crippen LogP contribution >= 0.6 is 0 Å². The Balaban J connectivity index is 2.49. The number of para-hydroxylation sites is 1. The third-order valence-electron chi connectivity index (χ3n) is 2.05. The van der Waals surface area contributed by atoms with Gasteiger partial charge in [0.2, 0.25) is 0 Å². The van der Waals surface area contributed by atoms with Gasteiger partial charge in [0, 0.05) is 12.6 Å². The van der Waals surface area contributed by atoms with Gasteiger partial charge in [0.15, 0.2) is 6.23 Å². The lowest BCUT2D eigenvalue weighted by Crippen LogP contribution is -2.37. The minimum atomic E-state index is -0.905. The van der Waals surface area contributed by atoms with Gasteiger partial charge in [0.05, 0.1) is 0 Å². The van der Waals surface area contributed by atoms with E-state index in [-0.39, 0.29) is 0 Å². The van der Waals surface area contributed by atoms with E-state index in [1.807, 2.05) is 0 Å². The SMILES string of the molecule is CN1C(=O)Oc2ccccc2C1O. The number of fused-ring (bicyclic) bond motifs is 1. The van der Waals surface area contributed by atoms with Crippen molar-refractivity contribution in [2.24, 2.45) is 0 Å². The summed E-state index contributed by atoms with van der Waals surface area (Å²) >= 11 is 0. The highest BCUT2D eigenvalue weighted by molar-refractivity contribution is 5.73. The standard InChI is InChI=1S/C9H9NO3/c1-10-8(11)6-4-2-3-5-7(6)13-9(10)12/h2-5,8,11H,1H3. The fourth-order valence-corrected chi connectivity index (χ4v) is 1.26. The first-order chi connectivity index (χ1) is 6.20. The Labute approximate surface area is 75.3 Å². The normalized spacial score (nSPS) is 20.9. The number of hydrogen-bond acceptors (Lipinski definition) is 3. The number of aliphatic hydroxyl groups is 1. The van der Waals surface area contributed by atoms with Gasteiger partial charge in [0.1, 0.15) is 5.75 Å². The molecule has 0 bridgehead atoms. The lowest BCUT2D eigenvalue weighted by molar-refractivity contribution is 0.0148. The molecule has 4 heteroatoms. The highest BCUT2D eigenvalue weighted by Crippen LogP contribution is 2.31. The minimum absolute atomic E-state index is 0.429. The largest absolute Gasteiger partial charge is 0.417 e. The molecular weight excluding hydrogens is 170 g/mol. The average Bonchev–Trinajstić information content (AvgIpc) is 2.15. The zero-order valence-electron chi connectivity index (χ0n) is 7.10. The number of hydrogen-bond donors (Lipinski definition) is 1. The molecule has 0 saturated heterocycles. The molecule has 68 valence electrons. The van der Waals surface area contributed by atoms with Crippen molar-refractivity contribution in [2.75, 3.05) is 7.05 Å². The number of benzene rings is 1. The van der Waals surface area contributed by atoms with Crippen molar-refractivity contribution in [3.63, 3.8) is 0 Å².